The van der Waals surface area contributed by atoms with Gasteiger partial charge in [-0.1, -0.05) is 11.6 Å². The number of methoxy groups -OCH3 is 2. The van der Waals surface area contributed by atoms with E-state index >= 15 is 0 Å². The summed E-state index contributed by atoms with van der Waals surface area (Å²) in [4.78, 5) is 28.1. The number of rotatable bonds is 5. The van der Waals surface area contributed by atoms with Gasteiger partial charge in [-0.25, -0.2) is 19.3 Å². The summed E-state index contributed by atoms with van der Waals surface area (Å²) in [5, 5.41) is 3.51. The van der Waals surface area contributed by atoms with E-state index in [0.717, 1.165) is 0 Å². The molecule has 4 rings (SSSR count). The maximum Gasteiger partial charge on any atom is 0.332 e. The number of hydrogen-bond acceptors (Lipinski definition) is 7. The molecule has 10 heteroatoms. The standard InChI is InChI=1S/C18H15ClN6O3/c1-27-14-6-5-10(19)8-13(14)25-15-12(23-18(25)26)9-21-17(24-15)22-11-4-3-7-20-16(11)28-2/h3-9H,1-2H3,(H,23,26)(H,21,22,24). The zero-order chi connectivity index (χ0) is 19.7. The summed E-state index contributed by atoms with van der Waals surface area (Å²) in [6.07, 6.45) is 3.13. The van der Waals surface area contributed by atoms with Crippen LogP contribution in [-0.4, -0.2) is 38.7 Å². The molecule has 4 aromatic rings. The summed E-state index contributed by atoms with van der Waals surface area (Å²) in [6.45, 7) is 0. The number of fused-ring (bicyclic) bond motifs is 1. The highest BCUT2D eigenvalue weighted by Crippen LogP contribution is 2.28. The van der Waals surface area contributed by atoms with Crippen molar-refractivity contribution in [1.82, 2.24) is 24.5 Å². The number of aromatic amines is 1. The van der Waals surface area contributed by atoms with E-state index < -0.39 is 0 Å². The SMILES string of the molecule is COc1ccc(Cl)cc1-n1c(=O)[nH]c2cnc(Nc3cccnc3OC)nc21. The van der Waals surface area contributed by atoms with E-state index in [9.17, 15) is 4.79 Å². The highest BCUT2D eigenvalue weighted by atomic mass is 35.5. The summed E-state index contributed by atoms with van der Waals surface area (Å²) < 4.78 is 12.0. The van der Waals surface area contributed by atoms with Crippen molar-refractivity contribution in [3.05, 3.63) is 58.2 Å². The van der Waals surface area contributed by atoms with Gasteiger partial charge < -0.3 is 19.8 Å². The van der Waals surface area contributed by atoms with Crippen molar-refractivity contribution in [3.63, 3.8) is 0 Å². The summed E-state index contributed by atoms with van der Waals surface area (Å²) in [7, 11) is 3.04. The molecule has 9 nitrogen and oxygen atoms in total. The molecule has 0 saturated heterocycles. The van der Waals surface area contributed by atoms with Gasteiger partial charge in [0.2, 0.25) is 11.8 Å². The molecule has 3 heterocycles. The van der Waals surface area contributed by atoms with Crippen LogP contribution < -0.4 is 20.5 Å². The highest BCUT2D eigenvalue weighted by Gasteiger charge is 2.16. The van der Waals surface area contributed by atoms with E-state index in [1.54, 1.807) is 36.5 Å². The monoisotopic (exact) mass is 398 g/mol. The maximum absolute atomic E-state index is 12.6. The number of nitrogens with zero attached hydrogens (tertiary/aromatic N) is 4. The number of H-pyrrole nitrogens is 1. The molecule has 0 bridgehead atoms. The van der Waals surface area contributed by atoms with Gasteiger partial charge in [-0.15, -0.1) is 0 Å². The van der Waals surface area contributed by atoms with Gasteiger partial charge in [0.1, 0.15) is 17.0 Å². The van der Waals surface area contributed by atoms with Crippen molar-refractivity contribution in [2.75, 3.05) is 19.5 Å². The lowest BCUT2D eigenvalue weighted by Gasteiger charge is -2.11. The number of benzene rings is 1. The largest absolute Gasteiger partial charge is 0.495 e. The Morgan fingerprint density at radius 2 is 2.04 bits per heavy atom. The number of anilines is 2. The molecule has 3 aromatic heterocycles. The van der Waals surface area contributed by atoms with E-state index in [0.29, 0.717) is 39.2 Å². The van der Waals surface area contributed by atoms with E-state index in [4.69, 9.17) is 21.1 Å². The van der Waals surface area contributed by atoms with Gasteiger partial charge in [-0.05, 0) is 30.3 Å². The fourth-order valence-corrected chi connectivity index (χ4v) is 2.96. The molecule has 0 saturated carbocycles. The summed E-state index contributed by atoms with van der Waals surface area (Å²) in [6, 6.07) is 8.54. The van der Waals surface area contributed by atoms with Crippen LogP contribution in [0.2, 0.25) is 5.02 Å². The molecule has 0 unspecified atom stereocenters. The van der Waals surface area contributed by atoms with Crippen molar-refractivity contribution in [3.8, 4) is 17.3 Å². The molecule has 0 aliphatic heterocycles. The molecule has 0 spiro atoms. The Morgan fingerprint density at radius 1 is 1.18 bits per heavy atom. The van der Waals surface area contributed by atoms with E-state index in [1.165, 1.54) is 25.0 Å². The number of imidazole rings is 1. The Balaban J connectivity index is 1.86. The molecule has 1 aromatic carbocycles. The fraction of sp³-hybridized carbons (Fsp3) is 0.111. The predicted molar refractivity (Wildman–Crippen MR) is 105 cm³/mol. The Hall–Kier alpha value is -3.59. The zero-order valence-corrected chi connectivity index (χ0v) is 15.7. The summed E-state index contributed by atoms with van der Waals surface area (Å²) in [5.74, 6) is 1.15. The van der Waals surface area contributed by atoms with Crippen LogP contribution in [0.5, 0.6) is 11.6 Å². The molecule has 0 aliphatic rings. The molecule has 0 aliphatic carbocycles. The maximum atomic E-state index is 12.6. The lowest BCUT2D eigenvalue weighted by Crippen LogP contribution is -2.16. The number of nitrogens with one attached hydrogen (secondary N) is 2. The van der Waals surface area contributed by atoms with Crippen LogP contribution in [0.4, 0.5) is 11.6 Å². The first-order valence-electron chi connectivity index (χ1n) is 8.18. The van der Waals surface area contributed by atoms with E-state index in [-0.39, 0.29) is 11.6 Å². The van der Waals surface area contributed by atoms with Crippen LogP contribution in [-0.2, 0) is 0 Å². The second-order valence-electron chi connectivity index (χ2n) is 5.70. The van der Waals surface area contributed by atoms with Crippen LogP contribution in [0, 0.1) is 0 Å². The summed E-state index contributed by atoms with van der Waals surface area (Å²) in [5.41, 5.74) is 1.51. The zero-order valence-electron chi connectivity index (χ0n) is 14.9. The molecule has 0 fully saturated rings. The average Bonchev–Trinajstić information content (AvgIpc) is 3.03. The minimum atomic E-state index is -0.388. The van der Waals surface area contributed by atoms with Crippen molar-refractivity contribution >= 4 is 34.4 Å². The Bertz CT molecular complexity index is 1220. The average molecular weight is 399 g/mol. The van der Waals surface area contributed by atoms with Gasteiger partial charge in [-0.2, -0.15) is 4.98 Å². The Labute approximate surface area is 163 Å². The second-order valence-corrected chi connectivity index (χ2v) is 6.13. The number of hydrogen-bond donors (Lipinski definition) is 2. The minimum absolute atomic E-state index is 0.271. The van der Waals surface area contributed by atoms with Gasteiger partial charge in [0, 0.05) is 11.2 Å². The smallest absolute Gasteiger partial charge is 0.332 e. The molecule has 28 heavy (non-hydrogen) atoms. The Morgan fingerprint density at radius 3 is 2.82 bits per heavy atom. The normalized spacial score (nSPS) is 10.8. The van der Waals surface area contributed by atoms with Crippen LogP contribution >= 0.6 is 11.6 Å². The van der Waals surface area contributed by atoms with Gasteiger partial charge in [0.05, 0.1) is 26.1 Å². The number of aromatic nitrogens is 5. The first kappa shape index (κ1) is 17.8. The molecule has 2 N–H and O–H groups in total. The third kappa shape index (κ3) is 3.12. The molecule has 142 valence electrons. The van der Waals surface area contributed by atoms with Crippen LogP contribution in [0.25, 0.3) is 16.9 Å². The number of pyridine rings is 1. The van der Waals surface area contributed by atoms with E-state index in [2.05, 4.69) is 25.3 Å². The van der Waals surface area contributed by atoms with Crippen molar-refractivity contribution < 1.29 is 9.47 Å². The predicted octanol–water partition coefficient (Wildman–Crippen LogP) is 2.92. The van der Waals surface area contributed by atoms with Gasteiger partial charge in [-0.3, -0.25) is 0 Å². The molecule has 0 amide bonds. The topological polar surface area (TPSA) is 107 Å². The molecule has 0 radical (unpaired) electrons. The number of halogens is 1. The second kappa shape index (κ2) is 7.20. The van der Waals surface area contributed by atoms with Crippen molar-refractivity contribution in [1.29, 1.82) is 0 Å². The van der Waals surface area contributed by atoms with Crippen LogP contribution in [0.15, 0.2) is 47.5 Å². The molecular formula is C18H15ClN6O3. The quantitative estimate of drug-likeness (QED) is 0.532. The molecule has 0 atom stereocenters. The summed E-state index contributed by atoms with van der Waals surface area (Å²) >= 11 is 6.12. The van der Waals surface area contributed by atoms with Crippen LogP contribution in [0.3, 0.4) is 0 Å². The third-order valence-corrected chi connectivity index (χ3v) is 4.25. The van der Waals surface area contributed by atoms with Gasteiger partial charge in [0.25, 0.3) is 0 Å². The molecular weight excluding hydrogens is 384 g/mol. The van der Waals surface area contributed by atoms with Gasteiger partial charge >= 0.3 is 5.69 Å². The van der Waals surface area contributed by atoms with Gasteiger partial charge in [0.15, 0.2) is 5.65 Å². The Kier molecular flexibility index (Phi) is 4.58. The lowest BCUT2D eigenvalue weighted by molar-refractivity contribution is 0.400. The van der Waals surface area contributed by atoms with Crippen LogP contribution in [0.1, 0.15) is 0 Å². The van der Waals surface area contributed by atoms with Crippen molar-refractivity contribution in [2.24, 2.45) is 0 Å². The fourth-order valence-electron chi connectivity index (χ4n) is 2.79. The lowest BCUT2D eigenvalue weighted by atomic mass is 10.3. The number of ether oxygens (including phenoxy) is 2. The third-order valence-electron chi connectivity index (χ3n) is 4.02. The first-order valence-corrected chi connectivity index (χ1v) is 8.56. The highest BCUT2D eigenvalue weighted by molar-refractivity contribution is 6.30. The van der Waals surface area contributed by atoms with Crippen molar-refractivity contribution in [2.45, 2.75) is 0 Å². The van der Waals surface area contributed by atoms with E-state index in [1.807, 2.05) is 0 Å². The first-order chi connectivity index (χ1) is 13.6. The minimum Gasteiger partial charge on any atom is -0.495 e.